The molecule has 4 rings (SSSR count). The Labute approximate surface area is 178 Å². The van der Waals surface area contributed by atoms with Crippen LogP contribution >= 0.6 is 15.9 Å². The van der Waals surface area contributed by atoms with Crippen LogP contribution in [0.25, 0.3) is 0 Å². The summed E-state index contributed by atoms with van der Waals surface area (Å²) in [5.41, 5.74) is 5.18. The summed E-state index contributed by atoms with van der Waals surface area (Å²) in [5, 5.41) is 9.38. The van der Waals surface area contributed by atoms with Crippen molar-refractivity contribution in [3.63, 3.8) is 0 Å². The molecule has 29 heavy (non-hydrogen) atoms. The molecule has 1 aromatic heterocycles. The number of halogens is 1. The molecule has 1 aliphatic carbocycles. The third kappa shape index (κ3) is 3.46. The molecule has 2 aliphatic rings. The lowest BCUT2D eigenvalue weighted by Crippen LogP contribution is -2.41. The topological polar surface area (TPSA) is 75.3 Å². The van der Waals surface area contributed by atoms with Crippen LogP contribution < -0.4 is 4.90 Å². The summed E-state index contributed by atoms with van der Waals surface area (Å²) in [6.07, 6.45) is 1.95. The third-order valence-corrected chi connectivity index (χ3v) is 6.34. The zero-order valence-corrected chi connectivity index (χ0v) is 18.3. The van der Waals surface area contributed by atoms with E-state index in [1.807, 2.05) is 6.07 Å². The highest BCUT2D eigenvalue weighted by molar-refractivity contribution is 9.10. The number of nitriles is 1. The van der Waals surface area contributed by atoms with E-state index in [1.165, 1.54) is 18.2 Å². The summed E-state index contributed by atoms with van der Waals surface area (Å²) < 4.78 is 7.99. The summed E-state index contributed by atoms with van der Waals surface area (Å²) in [6.45, 7) is 7.09. The number of carbonyl (C=O) groups is 2. The summed E-state index contributed by atoms with van der Waals surface area (Å²) in [4.78, 5) is 26.4. The minimum Gasteiger partial charge on any atom is -0.461 e. The first kappa shape index (κ1) is 19.7. The van der Waals surface area contributed by atoms with Crippen LogP contribution in [-0.4, -0.2) is 23.0 Å². The predicted molar refractivity (Wildman–Crippen MR) is 112 cm³/mol. The maximum atomic E-state index is 13.4. The number of hydrogen-bond acceptors (Lipinski definition) is 4. The van der Waals surface area contributed by atoms with Gasteiger partial charge in [0, 0.05) is 35.7 Å². The van der Waals surface area contributed by atoms with E-state index < -0.39 is 5.97 Å². The Hall–Kier alpha value is -2.59. The standard InChI is InChI=1S/C22H22BrN3O3/c1-13(27)29-12-16-17(23)6-14(11-24)7-18(16)26-5-4-25-19(21(26)28)8-15-9-22(2,3)10-20(15)25/h6-8H,4-5,9-10,12H2,1-3H3. The van der Waals surface area contributed by atoms with Crippen LogP contribution in [0, 0.1) is 16.7 Å². The summed E-state index contributed by atoms with van der Waals surface area (Å²) >= 11 is 3.47. The molecule has 0 saturated carbocycles. The maximum Gasteiger partial charge on any atom is 0.302 e. The Balaban J connectivity index is 1.74. The van der Waals surface area contributed by atoms with Gasteiger partial charge in [0.2, 0.25) is 0 Å². The lowest BCUT2D eigenvalue weighted by atomic mass is 9.90. The summed E-state index contributed by atoms with van der Waals surface area (Å²) in [7, 11) is 0. The van der Waals surface area contributed by atoms with Gasteiger partial charge in [-0.1, -0.05) is 29.8 Å². The van der Waals surface area contributed by atoms with Gasteiger partial charge in [-0.15, -0.1) is 0 Å². The molecule has 2 heterocycles. The number of hydrogen-bond donors (Lipinski definition) is 0. The number of amides is 1. The Bertz CT molecular complexity index is 1080. The summed E-state index contributed by atoms with van der Waals surface area (Å²) in [5.74, 6) is -0.486. The number of rotatable bonds is 3. The van der Waals surface area contributed by atoms with Crippen LogP contribution in [0.1, 0.15) is 53.6 Å². The number of carbonyl (C=O) groups excluding carboxylic acids is 2. The zero-order chi connectivity index (χ0) is 20.9. The Morgan fingerprint density at radius 1 is 1.28 bits per heavy atom. The molecule has 6 nitrogen and oxygen atoms in total. The van der Waals surface area contributed by atoms with Crippen molar-refractivity contribution in [2.75, 3.05) is 11.4 Å². The van der Waals surface area contributed by atoms with E-state index in [0.717, 1.165) is 12.8 Å². The van der Waals surface area contributed by atoms with Gasteiger partial charge in [-0.2, -0.15) is 5.26 Å². The van der Waals surface area contributed by atoms with Crippen molar-refractivity contribution in [2.45, 2.75) is 46.8 Å². The fraction of sp³-hybridized carbons (Fsp3) is 0.409. The summed E-state index contributed by atoms with van der Waals surface area (Å²) in [6, 6.07) is 7.52. The first-order valence-corrected chi connectivity index (χ1v) is 10.4. The highest BCUT2D eigenvalue weighted by Gasteiger charge is 2.37. The van der Waals surface area contributed by atoms with Crippen LogP contribution in [0.2, 0.25) is 0 Å². The number of ether oxygens (including phenoxy) is 1. The second-order valence-electron chi connectivity index (χ2n) is 8.48. The van der Waals surface area contributed by atoms with Gasteiger partial charge < -0.3 is 14.2 Å². The number of nitrogens with zero attached hydrogens (tertiary/aromatic N) is 3. The number of benzene rings is 1. The molecule has 0 fully saturated rings. The monoisotopic (exact) mass is 455 g/mol. The fourth-order valence-electron chi connectivity index (χ4n) is 4.38. The van der Waals surface area contributed by atoms with Crippen LogP contribution in [0.5, 0.6) is 0 Å². The molecule has 150 valence electrons. The van der Waals surface area contributed by atoms with E-state index >= 15 is 0 Å². The molecule has 0 unspecified atom stereocenters. The van der Waals surface area contributed by atoms with Gasteiger partial charge in [-0.05, 0) is 42.0 Å². The molecule has 0 radical (unpaired) electrons. The number of anilines is 1. The van der Waals surface area contributed by atoms with Gasteiger partial charge in [0.25, 0.3) is 5.91 Å². The average Bonchev–Trinajstić information content (AvgIpc) is 3.13. The Morgan fingerprint density at radius 2 is 2.03 bits per heavy atom. The molecule has 0 saturated heterocycles. The van der Waals surface area contributed by atoms with Crippen molar-refractivity contribution < 1.29 is 14.3 Å². The average molecular weight is 456 g/mol. The largest absolute Gasteiger partial charge is 0.461 e. The predicted octanol–water partition coefficient (Wildman–Crippen LogP) is 3.97. The highest BCUT2D eigenvalue weighted by atomic mass is 79.9. The van der Waals surface area contributed by atoms with Crippen LogP contribution in [0.4, 0.5) is 5.69 Å². The van der Waals surface area contributed by atoms with Gasteiger partial charge >= 0.3 is 5.97 Å². The third-order valence-electron chi connectivity index (χ3n) is 5.64. The molecule has 0 spiro atoms. The second kappa shape index (κ2) is 7.03. The molecule has 1 aliphatic heterocycles. The van der Waals surface area contributed by atoms with Gasteiger partial charge in [0.1, 0.15) is 12.3 Å². The van der Waals surface area contributed by atoms with Gasteiger partial charge in [-0.3, -0.25) is 9.59 Å². The van der Waals surface area contributed by atoms with Gasteiger partial charge in [0.05, 0.1) is 17.3 Å². The van der Waals surface area contributed by atoms with Crippen molar-refractivity contribution in [1.29, 1.82) is 5.26 Å². The number of esters is 1. The molecule has 7 heteroatoms. The fourth-order valence-corrected chi connectivity index (χ4v) is 4.95. The molecule has 2 aromatic rings. The minimum absolute atomic E-state index is 0.0342. The normalized spacial score (nSPS) is 16.9. The van der Waals surface area contributed by atoms with Crippen molar-refractivity contribution in [2.24, 2.45) is 5.41 Å². The first-order chi connectivity index (χ1) is 13.7. The van der Waals surface area contributed by atoms with Crippen LogP contribution in [-0.2, 0) is 35.5 Å². The van der Waals surface area contributed by atoms with E-state index in [1.54, 1.807) is 17.0 Å². The Morgan fingerprint density at radius 3 is 2.72 bits per heavy atom. The van der Waals surface area contributed by atoms with E-state index in [0.29, 0.717) is 40.1 Å². The first-order valence-electron chi connectivity index (χ1n) is 9.59. The van der Waals surface area contributed by atoms with Crippen molar-refractivity contribution in [3.05, 3.63) is 50.8 Å². The number of aromatic nitrogens is 1. The maximum absolute atomic E-state index is 13.4. The smallest absolute Gasteiger partial charge is 0.302 e. The molecular formula is C22H22BrN3O3. The second-order valence-corrected chi connectivity index (χ2v) is 9.33. The van der Waals surface area contributed by atoms with Gasteiger partial charge in [-0.25, -0.2) is 0 Å². The Kier molecular flexibility index (Phi) is 4.78. The van der Waals surface area contributed by atoms with Crippen molar-refractivity contribution in [3.8, 4) is 6.07 Å². The van der Waals surface area contributed by atoms with Crippen LogP contribution in [0.3, 0.4) is 0 Å². The lowest BCUT2D eigenvalue weighted by Gasteiger charge is -2.31. The van der Waals surface area contributed by atoms with E-state index in [4.69, 9.17) is 4.74 Å². The van der Waals surface area contributed by atoms with Crippen molar-refractivity contribution >= 4 is 33.5 Å². The minimum atomic E-state index is -0.398. The molecule has 0 bridgehead atoms. The van der Waals surface area contributed by atoms with E-state index in [-0.39, 0.29) is 17.9 Å². The molecule has 0 atom stereocenters. The van der Waals surface area contributed by atoms with Crippen molar-refractivity contribution in [1.82, 2.24) is 4.57 Å². The SMILES string of the molecule is CC(=O)OCc1c(Br)cc(C#N)cc1N1CCn2c(cc3c2CC(C)(C)C3)C1=O. The molecule has 1 aromatic carbocycles. The van der Waals surface area contributed by atoms with Gasteiger partial charge in [0.15, 0.2) is 0 Å². The lowest BCUT2D eigenvalue weighted by molar-refractivity contribution is -0.142. The number of fused-ring (bicyclic) bond motifs is 3. The quantitative estimate of drug-likeness (QED) is 0.656. The van der Waals surface area contributed by atoms with E-state index in [9.17, 15) is 14.9 Å². The molecule has 1 amide bonds. The molecular weight excluding hydrogens is 434 g/mol. The highest BCUT2D eigenvalue weighted by Crippen LogP contribution is 2.40. The zero-order valence-electron chi connectivity index (χ0n) is 16.7. The van der Waals surface area contributed by atoms with E-state index in [2.05, 4.69) is 40.4 Å². The van der Waals surface area contributed by atoms with Crippen LogP contribution in [0.15, 0.2) is 22.7 Å². The molecule has 0 N–H and O–H groups in total.